The van der Waals surface area contributed by atoms with Gasteiger partial charge < -0.3 is 9.80 Å². The average Bonchev–Trinajstić information content (AvgIpc) is 3.28. The maximum atomic E-state index is 13.3. The standard InChI is InChI=1S/C30H34N2O/c1-4-9-28(33)31-17-16-30(20-24-12-7-10-22(2)18-24)26-14-5-6-15-27(26)32(29(30)31)21-25-13-8-11-23(3)19-25/h5-8,10-15,18-19,29H,4,9,16-17,20-21H2,1-3H3. The first-order valence-corrected chi connectivity index (χ1v) is 12.3. The van der Waals surface area contributed by atoms with E-state index in [2.05, 4.69) is 103 Å². The van der Waals surface area contributed by atoms with E-state index in [1.807, 2.05) is 0 Å². The predicted octanol–water partition coefficient (Wildman–Crippen LogP) is 6.16. The van der Waals surface area contributed by atoms with E-state index < -0.39 is 0 Å². The molecule has 0 N–H and O–H groups in total. The molecule has 1 fully saturated rings. The highest BCUT2D eigenvalue weighted by Gasteiger charge is 2.57. The quantitative estimate of drug-likeness (QED) is 0.460. The van der Waals surface area contributed by atoms with Crippen molar-refractivity contribution in [3.8, 4) is 0 Å². The lowest BCUT2D eigenvalue weighted by Gasteiger charge is -2.39. The Morgan fingerprint density at radius 3 is 2.36 bits per heavy atom. The van der Waals surface area contributed by atoms with Gasteiger partial charge >= 0.3 is 0 Å². The molecule has 33 heavy (non-hydrogen) atoms. The van der Waals surface area contributed by atoms with Crippen LogP contribution in [0.25, 0.3) is 0 Å². The molecule has 0 aliphatic carbocycles. The van der Waals surface area contributed by atoms with E-state index in [1.54, 1.807) is 0 Å². The molecule has 2 unspecified atom stereocenters. The summed E-state index contributed by atoms with van der Waals surface area (Å²) >= 11 is 0. The van der Waals surface area contributed by atoms with Crippen molar-refractivity contribution < 1.29 is 4.79 Å². The molecule has 0 saturated carbocycles. The monoisotopic (exact) mass is 438 g/mol. The fraction of sp³-hybridized carbons (Fsp3) is 0.367. The summed E-state index contributed by atoms with van der Waals surface area (Å²) in [6, 6.07) is 26.5. The zero-order chi connectivity index (χ0) is 23.0. The van der Waals surface area contributed by atoms with Crippen LogP contribution in [0, 0.1) is 13.8 Å². The number of aryl methyl sites for hydroxylation is 2. The van der Waals surface area contributed by atoms with E-state index in [0.29, 0.717) is 6.42 Å². The minimum Gasteiger partial charge on any atom is -0.346 e. The van der Waals surface area contributed by atoms with Crippen LogP contribution in [0.4, 0.5) is 5.69 Å². The van der Waals surface area contributed by atoms with Crippen molar-refractivity contribution in [2.75, 3.05) is 11.4 Å². The smallest absolute Gasteiger partial charge is 0.224 e. The van der Waals surface area contributed by atoms with Crippen LogP contribution >= 0.6 is 0 Å². The van der Waals surface area contributed by atoms with Gasteiger partial charge in [-0.15, -0.1) is 0 Å². The van der Waals surface area contributed by atoms with Gasteiger partial charge in [-0.3, -0.25) is 4.79 Å². The van der Waals surface area contributed by atoms with E-state index in [-0.39, 0.29) is 17.5 Å². The molecule has 0 aromatic heterocycles. The molecule has 0 bridgehead atoms. The highest BCUT2D eigenvalue weighted by atomic mass is 16.2. The molecule has 3 aromatic rings. The number of hydrogen-bond acceptors (Lipinski definition) is 2. The van der Waals surface area contributed by atoms with Crippen LogP contribution < -0.4 is 4.90 Å². The van der Waals surface area contributed by atoms with E-state index >= 15 is 0 Å². The topological polar surface area (TPSA) is 23.6 Å². The molecule has 2 heterocycles. The highest BCUT2D eigenvalue weighted by molar-refractivity contribution is 5.79. The van der Waals surface area contributed by atoms with Crippen LogP contribution in [-0.4, -0.2) is 23.5 Å². The molecule has 0 radical (unpaired) electrons. The van der Waals surface area contributed by atoms with Gasteiger partial charge in [0.2, 0.25) is 5.91 Å². The molecule has 1 amide bonds. The van der Waals surface area contributed by atoms with Gasteiger partial charge in [0.1, 0.15) is 6.17 Å². The van der Waals surface area contributed by atoms with Crippen molar-refractivity contribution in [1.82, 2.24) is 4.90 Å². The minimum absolute atomic E-state index is 0.0509. The first-order chi connectivity index (χ1) is 16.0. The zero-order valence-electron chi connectivity index (χ0n) is 20.1. The Morgan fingerprint density at radius 1 is 0.939 bits per heavy atom. The number of fused-ring (bicyclic) bond motifs is 3. The third kappa shape index (κ3) is 3.84. The van der Waals surface area contributed by atoms with Gasteiger partial charge in [0.05, 0.1) is 0 Å². The summed E-state index contributed by atoms with van der Waals surface area (Å²) in [5.41, 5.74) is 7.82. The second-order valence-electron chi connectivity index (χ2n) is 9.92. The summed E-state index contributed by atoms with van der Waals surface area (Å²) in [7, 11) is 0. The van der Waals surface area contributed by atoms with E-state index in [9.17, 15) is 4.79 Å². The molecule has 2 atom stereocenters. The van der Waals surface area contributed by atoms with Gasteiger partial charge in [0.25, 0.3) is 0 Å². The van der Waals surface area contributed by atoms with E-state index in [4.69, 9.17) is 0 Å². The number of para-hydroxylation sites is 1. The van der Waals surface area contributed by atoms with Crippen LogP contribution in [-0.2, 0) is 23.2 Å². The van der Waals surface area contributed by atoms with Crippen LogP contribution in [0.2, 0.25) is 0 Å². The summed E-state index contributed by atoms with van der Waals surface area (Å²) in [6.45, 7) is 8.05. The second-order valence-corrected chi connectivity index (χ2v) is 9.92. The number of carbonyl (C=O) groups is 1. The SMILES string of the molecule is CCCC(=O)N1CCC2(Cc3cccc(C)c3)c3ccccc3N(Cc3cccc(C)c3)C12. The Labute approximate surface area is 198 Å². The molecule has 3 aromatic carbocycles. The molecule has 3 heteroatoms. The Kier molecular flexibility index (Phi) is 5.74. The highest BCUT2D eigenvalue weighted by Crippen LogP contribution is 2.54. The Balaban J connectivity index is 1.62. The number of hydrogen-bond donors (Lipinski definition) is 0. The normalized spacial score (nSPS) is 21.2. The van der Waals surface area contributed by atoms with Crippen LogP contribution in [0.1, 0.15) is 54.0 Å². The summed E-state index contributed by atoms with van der Waals surface area (Å²) in [5, 5.41) is 0. The number of amides is 1. The molecular weight excluding hydrogens is 404 g/mol. The molecule has 170 valence electrons. The Bertz CT molecular complexity index is 1170. The number of likely N-dealkylation sites (tertiary alicyclic amines) is 1. The first kappa shape index (κ1) is 21.8. The Hall–Kier alpha value is -3.07. The van der Waals surface area contributed by atoms with Crippen molar-refractivity contribution in [2.24, 2.45) is 0 Å². The predicted molar refractivity (Wildman–Crippen MR) is 135 cm³/mol. The fourth-order valence-electron chi connectivity index (χ4n) is 6.15. The number of rotatable bonds is 6. The third-order valence-corrected chi connectivity index (χ3v) is 7.46. The lowest BCUT2D eigenvalue weighted by Crippen LogP contribution is -2.52. The largest absolute Gasteiger partial charge is 0.346 e. The molecule has 0 spiro atoms. The van der Waals surface area contributed by atoms with Crippen LogP contribution in [0.15, 0.2) is 72.8 Å². The maximum Gasteiger partial charge on any atom is 0.224 e. The number of anilines is 1. The average molecular weight is 439 g/mol. The lowest BCUT2D eigenvalue weighted by atomic mass is 9.74. The molecule has 2 aliphatic rings. The van der Waals surface area contributed by atoms with Gasteiger partial charge in [-0.2, -0.15) is 0 Å². The molecule has 2 aliphatic heterocycles. The fourth-order valence-corrected chi connectivity index (χ4v) is 6.15. The van der Waals surface area contributed by atoms with Gasteiger partial charge in [-0.1, -0.05) is 84.8 Å². The maximum absolute atomic E-state index is 13.3. The van der Waals surface area contributed by atoms with Gasteiger partial charge in [-0.05, 0) is 55.9 Å². The summed E-state index contributed by atoms with van der Waals surface area (Å²) in [6.07, 6.45) is 3.51. The summed E-state index contributed by atoms with van der Waals surface area (Å²) in [4.78, 5) is 18.0. The van der Waals surface area contributed by atoms with Gasteiger partial charge in [0, 0.05) is 30.6 Å². The van der Waals surface area contributed by atoms with Crippen molar-refractivity contribution in [1.29, 1.82) is 0 Å². The minimum atomic E-state index is -0.0857. The van der Waals surface area contributed by atoms with Crippen LogP contribution in [0.5, 0.6) is 0 Å². The molecule has 1 saturated heterocycles. The Morgan fingerprint density at radius 2 is 1.64 bits per heavy atom. The zero-order valence-corrected chi connectivity index (χ0v) is 20.1. The van der Waals surface area contributed by atoms with Crippen molar-refractivity contribution in [3.63, 3.8) is 0 Å². The number of benzene rings is 3. The number of nitrogens with zero attached hydrogens (tertiary/aromatic N) is 2. The van der Waals surface area contributed by atoms with Crippen molar-refractivity contribution in [2.45, 2.75) is 64.6 Å². The molecule has 5 rings (SSSR count). The van der Waals surface area contributed by atoms with Crippen molar-refractivity contribution in [3.05, 3.63) is 101 Å². The molecular formula is C30H34N2O. The first-order valence-electron chi connectivity index (χ1n) is 12.3. The summed E-state index contributed by atoms with van der Waals surface area (Å²) < 4.78 is 0. The van der Waals surface area contributed by atoms with Crippen LogP contribution in [0.3, 0.4) is 0 Å². The van der Waals surface area contributed by atoms with Crippen molar-refractivity contribution >= 4 is 11.6 Å². The molecule has 3 nitrogen and oxygen atoms in total. The summed E-state index contributed by atoms with van der Waals surface area (Å²) in [5.74, 6) is 0.288. The van der Waals surface area contributed by atoms with E-state index in [1.165, 1.54) is 33.5 Å². The second kappa shape index (κ2) is 8.70. The lowest BCUT2D eigenvalue weighted by molar-refractivity contribution is -0.132. The van der Waals surface area contributed by atoms with Gasteiger partial charge in [0.15, 0.2) is 0 Å². The van der Waals surface area contributed by atoms with Gasteiger partial charge in [-0.25, -0.2) is 0 Å². The van der Waals surface area contributed by atoms with E-state index in [0.717, 1.165) is 32.4 Å². The number of carbonyl (C=O) groups excluding carboxylic acids is 1. The third-order valence-electron chi connectivity index (χ3n) is 7.46.